The summed E-state index contributed by atoms with van der Waals surface area (Å²) in [5, 5.41) is 0.512. The van der Waals surface area contributed by atoms with Gasteiger partial charge in [-0.25, -0.2) is 14.8 Å². The Morgan fingerprint density at radius 1 is 1.39 bits per heavy atom. The van der Waals surface area contributed by atoms with Crippen LogP contribution in [-0.2, 0) is 15.5 Å². The van der Waals surface area contributed by atoms with Crippen molar-refractivity contribution in [3.63, 3.8) is 0 Å². The molecule has 0 unspecified atom stereocenters. The lowest BCUT2D eigenvalue weighted by Crippen LogP contribution is -2.43. The molecule has 0 saturated carbocycles. The lowest BCUT2D eigenvalue weighted by Gasteiger charge is -2.32. The van der Waals surface area contributed by atoms with Crippen molar-refractivity contribution in [2.24, 2.45) is 0 Å². The molecule has 2 heterocycles. The Morgan fingerprint density at radius 2 is 2.00 bits per heavy atom. The molecule has 0 bridgehead atoms. The maximum atomic E-state index is 12.6. The molecule has 23 heavy (non-hydrogen) atoms. The third kappa shape index (κ3) is 4.88. The normalized spacial score (nSPS) is 17.9. The van der Waals surface area contributed by atoms with E-state index >= 15 is 0 Å². The van der Waals surface area contributed by atoms with E-state index in [4.69, 9.17) is 16.3 Å². The Balaban J connectivity index is 1.94. The highest BCUT2D eigenvalue weighted by molar-refractivity contribution is 7.85. The van der Waals surface area contributed by atoms with E-state index in [-0.39, 0.29) is 16.5 Å². The molecule has 1 amide bonds. The molecule has 1 aromatic rings. The molecule has 1 saturated heterocycles. The van der Waals surface area contributed by atoms with Crippen LogP contribution in [0.2, 0.25) is 5.15 Å². The number of ether oxygens (including phenoxy) is 1. The number of carbonyl (C=O) groups is 1. The highest BCUT2D eigenvalue weighted by Gasteiger charge is 2.30. The highest BCUT2D eigenvalue weighted by Crippen LogP contribution is 2.22. The molecular formula is C15H22ClN3O3S. The van der Waals surface area contributed by atoms with Crippen molar-refractivity contribution in [1.82, 2.24) is 14.9 Å². The minimum absolute atomic E-state index is 0.0764. The first kappa shape index (κ1) is 18.1. The maximum Gasteiger partial charge on any atom is 0.410 e. The van der Waals surface area contributed by atoms with Gasteiger partial charge in [0, 0.05) is 30.1 Å². The van der Waals surface area contributed by atoms with E-state index in [9.17, 15) is 9.00 Å². The highest BCUT2D eigenvalue weighted by atomic mass is 35.5. The smallest absolute Gasteiger partial charge is 0.410 e. The third-order valence-corrected chi connectivity index (χ3v) is 5.48. The number of halogens is 1. The number of rotatable bonds is 2. The molecule has 8 heteroatoms. The Hall–Kier alpha value is -1.21. The zero-order valence-electron chi connectivity index (χ0n) is 13.8. The molecular weight excluding hydrogens is 338 g/mol. The van der Waals surface area contributed by atoms with Crippen molar-refractivity contribution in [3.8, 4) is 0 Å². The fraction of sp³-hybridized carbons (Fsp3) is 0.667. The van der Waals surface area contributed by atoms with Crippen LogP contribution in [0.5, 0.6) is 0 Å². The summed E-state index contributed by atoms with van der Waals surface area (Å²) in [6, 6.07) is 0. The number of piperidine rings is 1. The fourth-order valence-electron chi connectivity index (χ4n) is 2.23. The van der Waals surface area contributed by atoms with Crippen molar-refractivity contribution >= 4 is 28.5 Å². The van der Waals surface area contributed by atoms with E-state index in [2.05, 4.69) is 9.97 Å². The molecule has 0 radical (unpaired) electrons. The minimum Gasteiger partial charge on any atom is -0.444 e. The summed E-state index contributed by atoms with van der Waals surface area (Å²) in [6.07, 6.45) is 2.51. The van der Waals surface area contributed by atoms with E-state index in [0.29, 0.717) is 31.1 Å². The molecule has 0 aliphatic carbocycles. The van der Waals surface area contributed by atoms with Gasteiger partial charge in [0.15, 0.2) is 0 Å². The molecule has 1 fully saturated rings. The molecule has 128 valence electrons. The molecule has 1 aliphatic heterocycles. The molecule has 0 aromatic carbocycles. The summed E-state index contributed by atoms with van der Waals surface area (Å²) in [4.78, 5) is 21.9. The van der Waals surface area contributed by atoms with Gasteiger partial charge in [-0.1, -0.05) is 11.6 Å². The van der Waals surface area contributed by atoms with Crippen LogP contribution in [0.4, 0.5) is 4.79 Å². The summed E-state index contributed by atoms with van der Waals surface area (Å²) in [5.41, 5.74) is 0.246. The van der Waals surface area contributed by atoms with Crippen LogP contribution in [-0.4, -0.2) is 49.1 Å². The predicted octanol–water partition coefficient (Wildman–Crippen LogP) is 2.95. The van der Waals surface area contributed by atoms with Crippen LogP contribution in [0, 0.1) is 6.92 Å². The van der Waals surface area contributed by atoms with Crippen LogP contribution in [0.1, 0.15) is 39.2 Å². The lowest BCUT2D eigenvalue weighted by atomic mass is 10.1. The lowest BCUT2D eigenvalue weighted by molar-refractivity contribution is 0.0218. The molecule has 0 spiro atoms. The molecule has 0 N–H and O–H groups in total. The van der Waals surface area contributed by atoms with Crippen LogP contribution >= 0.6 is 11.6 Å². The second-order valence-corrected chi connectivity index (χ2v) is 8.58. The van der Waals surface area contributed by atoms with Gasteiger partial charge >= 0.3 is 6.09 Å². The topological polar surface area (TPSA) is 72.4 Å². The minimum atomic E-state index is -1.32. The average Bonchev–Trinajstić information content (AvgIpc) is 2.48. The molecule has 1 aromatic heterocycles. The maximum absolute atomic E-state index is 12.6. The second-order valence-electron chi connectivity index (χ2n) is 6.59. The Morgan fingerprint density at radius 3 is 2.52 bits per heavy atom. The number of hydrogen-bond donors (Lipinski definition) is 0. The van der Waals surface area contributed by atoms with Crippen molar-refractivity contribution in [3.05, 3.63) is 16.9 Å². The van der Waals surface area contributed by atoms with Gasteiger partial charge in [0.25, 0.3) is 0 Å². The predicted molar refractivity (Wildman–Crippen MR) is 89.0 cm³/mol. The Kier molecular flexibility index (Phi) is 5.62. The van der Waals surface area contributed by atoms with Gasteiger partial charge in [0.2, 0.25) is 5.16 Å². The summed E-state index contributed by atoms with van der Waals surface area (Å²) < 4.78 is 17.9. The zero-order chi connectivity index (χ0) is 17.2. The summed E-state index contributed by atoms with van der Waals surface area (Å²) in [5.74, 6) is 0. The van der Waals surface area contributed by atoms with Crippen LogP contribution in [0.15, 0.2) is 11.4 Å². The molecule has 6 nitrogen and oxygen atoms in total. The van der Waals surface area contributed by atoms with Gasteiger partial charge in [-0.3, -0.25) is 4.21 Å². The summed E-state index contributed by atoms with van der Waals surface area (Å²) >= 11 is 5.97. The standard InChI is InChI=1S/C15H22ClN3O3S/c1-10-9-17-13(18-12(10)16)23(21)11-5-7-19(8-6-11)14(20)22-15(2,3)4/h9,11H,5-8H2,1-4H3/t23-/m1/s1. The quantitative estimate of drug-likeness (QED) is 0.599. The Labute approximate surface area is 144 Å². The number of hydrogen-bond acceptors (Lipinski definition) is 5. The van der Waals surface area contributed by atoms with Crippen molar-refractivity contribution in [2.75, 3.05) is 13.1 Å². The largest absolute Gasteiger partial charge is 0.444 e. The number of likely N-dealkylation sites (tertiary alicyclic amines) is 1. The monoisotopic (exact) mass is 359 g/mol. The fourth-order valence-corrected chi connectivity index (χ4v) is 3.69. The second kappa shape index (κ2) is 7.13. The zero-order valence-corrected chi connectivity index (χ0v) is 15.4. The van der Waals surface area contributed by atoms with Gasteiger partial charge in [0.05, 0.1) is 10.8 Å². The van der Waals surface area contributed by atoms with E-state index < -0.39 is 16.4 Å². The molecule has 2 rings (SSSR count). The van der Waals surface area contributed by atoms with Crippen molar-refractivity contribution in [2.45, 2.75) is 56.5 Å². The summed E-state index contributed by atoms with van der Waals surface area (Å²) in [7, 11) is -1.32. The van der Waals surface area contributed by atoms with E-state index in [1.54, 1.807) is 18.0 Å². The van der Waals surface area contributed by atoms with E-state index in [0.717, 1.165) is 5.56 Å². The van der Waals surface area contributed by atoms with Gasteiger partial charge in [0.1, 0.15) is 10.8 Å². The summed E-state index contributed by atoms with van der Waals surface area (Å²) in [6.45, 7) is 8.35. The number of carbonyl (C=O) groups excluding carboxylic acids is 1. The van der Waals surface area contributed by atoms with Gasteiger partial charge in [-0.05, 0) is 40.5 Å². The van der Waals surface area contributed by atoms with Gasteiger partial charge in [-0.15, -0.1) is 0 Å². The van der Waals surface area contributed by atoms with Crippen LogP contribution in [0.25, 0.3) is 0 Å². The van der Waals surface area contributed by atoms with Crippen LogP contribution < -0.4 is 0 Å². The first-order valence-electron chi connectivity index (χ1n) is 7.55. The first-order valence-corrected chi connectivity index (χ1v) is 9.14. The van der Waals surface area contributed by atoms with E-state index in [1.165, 1.54) is 0 Å². The molecule has 1 aliphatic rings. The third-order valence-electron chi connectivity index (χ3n) is 3.46. The van der Waals surface area contributed by atoms with Gasteiger partial charge in [-0.2, -0.15) is 0 Å². The van der Waals surface area contributed by atoms with E-state index in [1.807, 2.05) is 20.8 Å². The SMILES string of the molecule is Cc1cnc([S@](=O)C2CCN(C(=O)OC(C)(C)C)CC2)nc1Cl. The van der Waals surface area contributed by atoms with Gasteiger partial charge < -0.3 is 9.64 Å². The molecule has 1 atom stereocenters. The van der Waals surface area contributed by atoms with Crippen molar-refractivity contribution in [1.29, 1.82) is 0 Å². The Bertz CT molecular complexity index is 610. The first-order chi connectivity index (χ1) is 10.7. The van der Waals surface area contributed by atoms with Crippen molar-refractivity contribution < 1.29 is 13.7 Å². The average molecular weight is 360 g/mol. The number of nitrogens with zero attached hydrogens (tertiary/aromatic N) is 3. The van der Waals surface area contributed by atoms with Crippen LogP contribution in [0.3, 0.4) is 0 Å². The number of aryl methyl sites for hydroxylation is 1. The number of amides is 1. The number of aromatic nitrogens is 2.